The van der Waals surface area contributed by atoms with Crippen molar-refractivity contribution in [2.75, 3.05) is 19.0 Å². The molecule has 0 radical (unpaired) electrons. The Morgan fingerprint density at radius 2 is 1.88 bits per heavy atom. The third kappa shape index (κ3) is 2.02. The monoisotopic (exact) mass is 265 g/mol. The van der Waals surface area contributed by atoms with Crippen molar-refractivity contribution in [3.8, 4) is 6.07 Å². The minimum atomic E-state index is 0.324. The molecule has 2 rings (SSSR count). The Labute approximate surface area is 109 Å². The van der Waals surface area contributed by atoms with Crippen molar-refractivity contribution in [2.24, 2.45) is 0 Å². The first-order valence-corrected chi connectivity index (χ1v) is 5.66. The molecule has 86 valence electrons. The van der Waals surface area contributed by atoms with Gasteiger partial charge in [-0.15, -0.1) is 0 Å². The first kappa shape index (κ1) is 12.0. The molecular weight excluding hydrogens is 257 g/mol. The fourth-order valence-corrected chi connectivity index (χ4v) is 2.11. The van der Waals surface area contributed by atoms with Crippen LogP contribution < -0.4 is 4.90 Å². The number of aromatic nitrogens is 1. The highest BCUT2D eigenvalue weighted by Gasteiger charge is 2.13. The number of nitrogens with zero attached hydrogens (tertiary/aromatic N) is 3. The number of halogens is 2. The first-order chi connectivity index (χ1) is 8.04. The topological polar surface area (TPSA) is 39.9 Å². The summed E-state index contributed by atoms with van der Waals surface area (Å²) in [5.74, 6) is 0. The highest BCUT2D eigenvalue weighted by atomic mass is 35.5. The zero-order valence-corrected chi connectivity index (χ0v) is 10.8. The number of hydrogen-bond acceptors (Lipinski definition) is 3. The van der Waals surface area contributed by atoms with E-state index in [-0.39, 0.29) is 0 Å². The van der Waals surface area contributed by atoms with Crippen molar-refractivity contribution in [1.82, 2.24) is 4.98 Å². The van der Waals surface area contributed by atoms with Crippen molar-refractivity contribution in [3.63, 3.8) is 0 Å². The fraction of sp³-hybridized carbons (Fsp3) is 0.167. The van der Waals surface area contributed by atoms with E-state index in [1.54, 1.807) is 18.2 Å². The van der Waals surface area contributed by atoms with Gasteiger partial charge in [-0.2, -0.15) is 5.26 Å². The van der Waals surface area contributed by atoms with Gasteiger partial charge in [0, 0.05) is 19.5 Å². The molecule has 0 aliphatic heterocycles. The van der Waals surface area contributed by atoms with E-state index in [9.17, 15) is 0 Å². The van der Waals surface area contributed by atoms with Crippen LogP contribution in [0.15, 0.2) is 18.2 Å². The van der Waals surface area contributed by atoms with Gasteiger partial charge in [0.2, 0.25) is 0 Å². The van der Waals surface area contributed by atoms with Gasteiger partial charge in [-0.3, -0.25) is 0 Å². The normalized spacial score (nSPS) is 10.3. The molecule has 0 spiro atoms. The summed E-state index contributed by atoms with van der Waals surface area (Å²) in [7, 11) is 3.76. The highest BCUT2D eigenvalue weighted by molar-refractivity contribution is 6.40. The molecule has 1 aromatic heterocycles. The van der Waals surface area contributed by atoms with Gasteiger partial charge in [-0.05, 0) is 18.2 Å². The van der Waals surface area contributed by atoms with Crippen LogP contribution in [0.2, 0.25) is 10.0 Å². The number of benzene rings is 1. The standard InChI is InChI=1S/C12H9Cl2N3/c1-17(2)10-5-7(6-15)16-12-9(14)4-3-8(13)11(10)12/h3-5H,1-2H3. The van der Waals surface area contributed by atoms with Crippen LogP contribution in [0.1, 0.15) is 5.69 Å². The van der Waals surface area contributed by atoms with Gasteiger partial charge in [0.25, 0.3) is 0 Å². The molecule has 0 saturated carbocycles. The minimum Gasteiger partial charge on any atom is -0.377 e. The van der Waals surface area contributed by atoms with Gasteiger partial charge >= 0.3 is 0 Å². The maximum absolute atomic E-state index is 8.96. The van der Waals surface area contributed by atoms with Crippen LogP contribution in [0.25, 0.3) is 10.9 Å². The van der Waals surface area contributed by atoms with Crippen molar-refractivity contribution in [2.45, 2.75) is 0 Å². The Morgan fingerprint density at radius 3 is 2.47 bits per heavy atom. The largest absolute Gasteiger partial charge is 0.377 e. The molecule has 0 aliphatic rings. The third-order valence-corrected chi connectivity index (χ3v) is 3.06. The molecule has 0 amide bonds. The van der Waals surface area contributed by atoms with Gasteiger partial charge in [0.15, 0.2) is 0 Å². The van der Waals surface area contributed by atoms with E-state index >= 15 is 0 Å². The van der Waals surface area contributed by atoms with Gasteiger partial charge in [-0.1, -0.05) is 23.2 Å². The van der Waals surface area contributed by atoms with Crippen LogP contribution in [0.5, 0.6) is 0 Å². The molecular formula is C12H9Cl2N3. The Balaban J connectivity index is 2.97. The van der Waals surface area contributed by atoms with E-state index in [1.165, 1.54) is 0 Å². The predicted octanol–water partition coefficient (Wildman–Crippen LogP) is 3.48. The Hall–Kier alpha value is -1.50. The van der Waals surface area contributed by atoms with Crippen molar-refractivity contribution < 1.29 is 0 Å². The summed E-state index contributed by atoms with van der Waals surface area (Å²) < 4.78 is 0. The van der Waals surface area contributed by atoms with Crippen LogP contribution in [0, 0.1) is 11.3 Å². The molecule has 0 atom stereocenters. The molecule has 5 heteroatoms. The second-order valence-electron chi connectivity index (χ2n) is 3.79. The predicted molar refractivity (Wildman–Crippen MR) is 70.8 cm³/mol. The lowest BCUT2D eigenvalue weighted by molar-refractivity contribution is 1.13. The van der Waals surface area contributed by atoms with Crippen LogP contribution in [-0.2, 0) is 0 Å². The highest BCUT2D eigenvalue weighted by Crippen LogP contribution is 2.35. The summed E-state index contributed by atoms with van der Waals surface area (Å²) >= 11 is 12.3. The van der Waals surface area contributed by atoms with E-state index < -0.39 is 0 Å². The van der Waals surface area contributed by atoms with Crippen LogP contribution in [0.4, 0.5) is 5.69 Å². The summed E-state index contributed by atoms with van der Waals surface area (Å²) in [6.45, 7) is 0. The molecule has 0 bridgehead atoms. The van der Waals surface area contributed by atoms with Crippen LogP contribution >= 0.6 is 23.2 Å². The van der Waals surface area contributed by atoms with E-state index in [0.29, 0.717) is 21.3 Å². The van der Waals surface area contributed by atoms with Gasteiger partial charge < -0.3 is 4.90 Å². The van der Waals surface area contributed by atoms with Crippen LogP contribution in [0.3, 0.4) is 0 Å². The second-order valence-corrected chi connectivity index (χ2v) is 4.60. The molecule has 0 N–H and O–H groups in total. The zero-order valence-electron chi connectivity index (χ0n) is 9.33. The molecule has 1 heterocycles. The maximum Gasteiger partial charge on any atom is 0.143 e. The molecule has 0 aliphatic carbocycles. The van der Waals surface area contributed by atoms with Crippen molar-refractivity contribution in [1.29, 1.82) is 5.26 Å². The van der Waals surface area contributed by atoms with Crippen molar-refractivity contribution >= 4 is 39.8 Å². The summed E-state index contributed by atoms with van der Waals surface area (Å²) in [6, 6.07) is 7.13. The van der Waals surface area contributed by atoms with Gasteiger partial charge in [-0.25, -0.2) is 4.98 Å². The molecule has 0 fully saturated rings. The third-order valence-electron chi connectivity index (χ3n) is 2.44. The molecule has 0 saturated heterocycles. The SMILES string of the molecule is CN(C)c1cc(C#N)nc2c(Cl)ccc(Cl)c12. The number of hydrogen-bond donors (Lipinski definition) is 0. The maximum atomic E-state index is 8.96. The van der Waals surface area contributed by atoms with E-state index in [4.69, 9.17) is 28.5 Å². The van der Waals surface area contributed by atoms with Gasteiger partial charge in [0.05, 0.1) is 21.2 Å². The zero-order chi connectivity index (χ0) is 12.6. The molecule has 3 nitrogen and oxygen atoms in total. The van der Waals surface area contributed by atoms with Crippen molar-refractivity contribution in [3.05, 3.63) is 33.9 Å². The minimum absolute atomic E-state index is 0.324. The van der Waals surface area contributed by atoms with Crippen LogP contribution in [-0.4, -0.2) is 19.1 Å². The van der Waals surface area contributed by atoms with Gasteiger partial charge in [0.1, 0.15) is 11.8 Å². The number of nitriles is 1. The smallest absolute Gasteiger partial charge is 0.143 e. The number of rotatable bonds is 1. The lowest BCUT2D eigenvalue weighted by Gasteiger charge is -2.16. The number of pyridine rings is 1. The molecule has 17 heavy (non-hydrogen) atoms. The average Bonchev–Trinajstić information content (AvgIpc) is 2.32. The molecule has 2 aromatic rings. The lowest BCUT2D eigenvalue weighted by Crippen LogP contribution is -2.10. The summed E-state index contributed by atoms with van der Waals surface area (Å²) in [5, 5.41) is 10.8. The fourth-order valence-electron chi connectivity index (χ4n) is 1.66. The summed E-state index contributed by atoms with van der Waals surface area (Å²) in [5.41, 5.74) is 1.71. The summed E-state index contributed by atoms with van der Waals surface area (Å²) in [4.78, 5) is 6.07. The van der Waals surface area contributed by atoms with E-state index in [2.05, 4.69) is 4.98 Å². The van der Waals surface area contributed by atoms with E-state index in [0.717, 1.165) is 11.1 Å². The summed E-state index contributed by atoms with van der Waals surface area (Å²) in [6.07, 6.45) is 0. The lowest BCUT2D eigenvalue weighted by atomic mass is 10.1. The number of fused-ring (bicyclic) bond motifs is 1. The second kappa shape index (κ2) is 4.40. The quantitative estimate of drug-likeness (QED) is 0.793. The number of anilines is 1. The Kier molecular flexibility index (Phi) is 3.10. The molecule has 0 unspecified atom stereocenters. The molecule has 1 aromatic carbocycles. The Bertz CT molecular complexity index is 630. The Morgan fingerprint density at radius 1 is 1.24 bits per heavy atom. The first-order valence-electron chi connectivity index (χ1n) is 4.90. The van der Waals surface area contributed by atoms with E-state index in [1.807, 2.05) is 25.1 Å². The average molecular weight is 266 g/mol.